The smallest absolute Gasteiger partial charge is 0.317 e. The van der Waals surface area contributed by atoms with Crippen molar-refractivity contribution in [3.8, 4) is 0 Å². The van der Waals surface area contributed by atoms with Gasteiger partial charge in [-0.15, -0.1) is 0 Å². The molecule has 5 heteroatoms. The molecule has 0 radical (unpaired) electrons. The summed E-state index contributed by atoms with van der Waals surface area (Å²) >= 11 is 0. The van der Waals surface area contributed by atoms with Crippen LogP contribution in [-0.2, 0) is 0 Å². The standard InChI is InChI=1S/C11H19F3N2/c1-15-8-2-3-10(6-8)16(9-4-5-9)7-11(12,13)14/h8-10,15H,2-7H2,1H3. The SMILES string of the molecule is CNC1CCC(N(CC(F)(F)F)C2CC2)C1. The van der Waals surface area contributed by atoms with E-state index in [1.165, 1.54) is 0 Å². The van der Waals surface area contributed by atoms with Crippen molar-refractivity contribution in [1.29, 1.82) is 0 Å². The summed E-state index contributed by atoms with van der Waals surface area (Å²) in [6.45, 7) is -0.723. The zero-order valence-corrected chi connectivity index (χ0v) is 9.56. The Hall–Kier alpha value is -0.290. The van der Waals surface area contributed by atoms with Crippen LogP contribution in [0.15, 0.2) is 0 Å². The van der Waals surface area contributed by atoms with Crippen LogP contribution in [0, 0.1) is 0 Å². The second kappa shape index (κ2) is 4.53. The minimum absolute atomic E-state index is 0.131. The average Bonchev–Trinajstić information content (AvgIpc) is 2.91. The third kappa shape index (κ3) is 3.10. The lowest BCUT2D eigenvalue weighted by Crippen LogP contribution is -2.42. The Kier molecular flexibility index (Phi) is 3.45. The molecule has 2 fully saturated rings. The highest BCUT2D eigenvalue weighted by Crippen LogP contribution is 2.36. The van der Waals surface area contributed by atoms with Crippen LogP contribution in [0.1, 0.15) is 32.1 Å². The molecule has 0 bridgehead atoms. The van der Waals surface area contributed by atoms with Gasteiger partial charge in [0.05, 0.1) is 6.54 Å². The van der Waals surface area contributed by atoms with Crippen LogP contribution >= 0.6 is 0 Å². The van der Waals surface area contributed by atoms with Crippen molar-refractivity contribution in [3.63, 3.8) is 0 Å². The highest BCUT2D eigenvalue weighted by molar-refractivity contribution is 4.94. The molecule has 1 N–H and O–H groups in total. The first-order valence-corrected chi connectivity index (χ1v) is 5.99. The number of hydrogen-bond acceptors (Lipinski definition) is 2. The molecule has 2 aliphatic carbocycles. The lowest BCUT2D eigenvalue weighted by Gasteiger charge is -2.29. The minimum Gasteiger partial charge on any atom is -0.317 e. The summed E-state index contributed by atoms with van der Waals surface area (Å²) in [6.07, 6.45) is 0.595. The average molecular weight is 236 g/mol. The molecular weight excluding hydrogens is 217 g/mol. The van der Waals surface area contributed by atoms with Crippen molar-refractivity contribution in [2.75, 3.05) is 13.6 Å². The Morgan fingerprint density at radius 1 is 1.12 bits per heavy atom. The first-order chi connectivity index (χ1) is 7.49. The molecular formula is C11H19F3N2. The molecule has 2 unspecified atom stereocenters. The van der Waals surface area contributed by atoms with Crippen LogP contribution in [-0.4, -0.2) is 42.8 Å². The van der Waals surface area contributed by atoms with Gasteiger partial charge in [-0.2, -0.15) is 13.2 Å². The first kappa shape index (κ1) is 12.2. The number of halogens is 3. The van der Waals surface area contributed by atoms with E-state index < -0.39 is 12.7 Å². The maximum Gasteiger partial charge on any atom is 0.401 e. The molecule has 2 rings (SSSR count). The predicted molar refractivity (Wildman–Crippen MR) is 56.3 cm³/mol. The van der Waals surface area contributed by atoms with E-state index in [0.717, 1.165) is 32.1 Å². The molecule has 2 saturated carbocycles. The van der Waals surface area contributed by atoms with Crippen LogP contribution in [0.3, 0.4) is 0 Å². The second-order valence-corrected chi connectivity index (χ2v) is 4.97. The van der Waals surface area contributed by atoms with Crippen molar-refractivity contribution < 1.29 is 13.2 Å². The fourth-order valence-corrected chi connectivity index (χ4v) is 2.69. The summed E-state index contributed by atoms with van der Waals surface area (Å²) < 4.78 is 37.4. The summed E-state index contributed by atoms with van der Waals surface area (Å²) in [5, 5.41) is 3.16. The number of nitrogens with one attached hydrogen (secondary N) is 1. The summed E-state index contributed by atoms with van der Waals surface area (Å²) in [6, 6.07) is 0.730. The highest BCUT2D eigenvalue weighted by atomic mass is 19.4. The van der Waals surface area contributed by atoms with Gasteiger partial charge in [0, 0.05) is 18.1 Å². The van der Waals surface area contributed by atoms with Crippen LogP contribution in [0.25, 0.3) is 0 Å². The first-order valence-electron chi connectivity index (χ1n) is 5.99. The summed E-state index contributed by atoms with van der Waals surface area (Å²) in [7, 11) is 1.89. The predicted octanol–water partition coefficient (Wildman–Crippen LogP) is 2.15. The van der Waals surface area contributed by atoms with Crippen molar-refractivity contribution in [3.05, 3.63) is 0 Å². The van der Waals surface area contributed by atoms with Gasteiger partial charge in [0.1, 0.15) is 0 Å². The maximum atomic E-state index is 12.5. The van der Waals surface area contributed by atoms with Gasteiger partial charge < -0.3 is 5.32 Å². The van der Waals surface area contributed by atoms with E-state index in [1.807, 2.05) is 7.05 Å². The lowest BCUT2D eigenvalue weighted by atomic mass is 10.2. The number of alkyl halides is 3. The van der Waals surface area contributed by atoms with Crippen molar-refractivity contribution in [2.45, 2.75) is 56.4 Å². The maximum absolute atomic E-state index is 12.5. The quantitative estimate of drug-likeness (QED) is 0.804. The van der Waals surface area contributed by atoms with Gasteiger partial charge in [-0.1, -0.05) is 0 Å². The van der Waals surface area contributed by atoms with E-state index in [0.29, 0.717) is 6.04 Å². The third-order valence-corrected chi connectivity index (χ3v) is 3.66. The zero-order valence-electron chi connectivity index (χ0n) is 9.56. The molecule has 94 valence electrons. The van der Waals surface area contributed by atoms with Crippen molar-refractivity contribution >= 4 is 0 Å². The summed E-state index contributed by atoms with van der Waals surface area (Å²) in [4.78, 5) is 1.69. The fourth-order valence-electron chi connectivity index (χ4n) is 2.69. The number of hydrogen-bond donors (Lipinski definition) is 1. The molecule has 0 aliphatic heterocycles. The lowest BCUT2D eigenvalue weighted by molar-refractivity contribution is -0.152. The van der Waals surface area contributed by atoms with Crippen LogP contribution in [0.4, 0.5) is 13.2 Å². The molecule has 0 spiro atoms. The second-order valence-electron chi connectivity index (χ2n) is 4.97. The van der Waals surface area contributed by atoms with Gasteiger partial charge in [0.25, 0.3) is 0 Å². The van der Waals surface area contributed by atoms with Crippen LogP contribution in [0.5, 0.6) is 0 Å². The van der Waals surface area contributed by atoms with Gasteiger partial charge in [-0.3, -0.25) is 4.90 Å². The third-order valence-electron chi connectivity index (χ3n) is 3.66. The molecule has 0 aromatic rings. The topological polar surface area (TPSA) is 15.3 Å². The Balaban J connectivity index is 1.92. The van der Waals surface area contributed by atoms with E-state index in [2.05, 4.69) is 5.32 Å². The van der Waals surface area contributed by atoms with E-state index in [-0.39, 0.29) is 12.1 Å². The van der Waals surface area contributed by atoms with E-state index in [1.54, 1.807) is 4.90 Å². The van der Waals surface area contributed by atoms with Gasteiger partial charge in [0.2, 0.25) is 0 Å². The number of nitrogens with zero attached hydrogens (tertiary/aromatic N) is 1. The minimum atomic E-state index is -4.06. The highest BCUT2D eigenvalue weighted by Gasteiger charge is 2.43. The Morgan fingerprint density at radius 3 is 2.19 bits per heavy atom. The summed E-state index contributed by atoms with van der Waals surface area (Å²) in [5.74, 6) is 0. The van der Waals surface area contributed by atoms with Crippen molar-refractivity contribution in [1.82, 2.24) is 10.2 Å². The molecule has 0 heterocycles. The molecule has 2 aliphatic rings. The van der Waals surface area contributed by atoms with E-state index >= 15 is 0 Å². The van der Waals surface area contributed by atoms with Gasteiger partial charge in [0.15, 0.2) is 0 Å². The summed E-state index contributed by atoms with van der Waals surface area (Å²) in [5.41, 5.74) is 0. The van der Waals surface area contributed by atoms with Gasteiger partial charge >= 0.3 is 6.18 Å². The molecule has 0 aromatic heterocycles. The van der Waals surface area contributed by atoms with E-state index in [9.17, 15) is 13.2 Å². The molecule has 2 nitrogen and oxygen atoms in total. The normalized spacial score (nSPS) is 31.3. The van der Waals surface area contributed by atoms with Crippen molar-refractivity contribution in [2.24, 2.45) is 0 Å². The Morgan fingerprint density at radius 2 is 1.75 bits per heavy atom. The molecule has 0 amide bonds. The van der Waals surface area contributed by atoms with Gasteiger partial charge in [-0.25, -0.2) is 0 Å². The van der Waals surface area contributed by atoms with Crippen LogP contribution < -0.4 is 5.32 Å². The van der Waals surface area contributed by atoms with E-state index in [4.69, 9.17) is 0 Å². The zero-order chi connectivity index (χ0) is 11.8. The largest absolute Gasteiger partial charge is 0.401 e. The number of rotatable bonds is 4. The molecule has 0 saturated heterocycles. The van der Waals surface area contributed by atoms with Gasteiger partial charge in [-0.05, 0) is 39.2 Å². The Labute approximate surface area is 94.2 Å². The van der Waals surface area contributed by atoms with Crippen LogP contribution in [0.2, 0.25) is 0 Å². The molecule has 0 aromatic carbocycles. The monoisotopic (exact) mass is 236 g/mol. The molecule has 16 heavy (non-hydrogen) atoms. The Bertz CT molecular complexity index is 238. The molecule has 2 atom stereocenters. The fraction of sp³-hybridized carbons (Fsp3) is 1.00.